The minimum Gasteiger partial charge on any atom is -0.302 e. The molecule has 1 atom stereocenters. The van der Waals surface area contributed by atoms with Gasteiger partial charge in [-0.1, -0.05) is 6.42 Å². The minimum absolute atomic E-state index is 0.0310. The molecule has 2 saturated heterocycles. The van der Waals surface area contributed by atoms with Crippen LogP contribution in [0.4, 0.5) is 0 Å². The standard InChI is InChI=1S/C12H18N2O3/c15-9-10-3-1-2-6-13(10)7-8-14-11(16)4-5-12(14)17/h9-10H,1-8H2. The van der Waals surface area contributed by atoms with Crippen molar-refractivity contribution in [2.45, 2.75) is 38.1 Å². The van der Waals surface area contributed by atoms with E-state index in [4.69, 9.17) is 0 Å². The van der Waals surface area contributed by atoms with Crippen LogP contribution in [0.2, 0.25) is 0 Å². The summed E-state index contributed by atoms with van der Waals surface area (Å²) in [6.45, 7) is 1.95. The van der Waals surface area contributed by atoms with Crippen molar-refractivity contribution < 1.29 is 14.4 Å². The number of likely N-dealkylation sites (tertiary alicyclic amines) is 2. The maximum absolute atomic E-state index is 11.4. The van der Waals surface area contributed by atoms with Crippen LogP contribution >= 0.6 is 0 Å². The van der Waals surface area contributed by atoms with Crippen molar-refractivity contribution >= 4 is 18.1 Å². The summed E-state index contributed by atoms with van der Waals surface area (Å²) in [5, 5.41) is 0. The van der Waals surface area contributed by atoms with Gasteiger partial charge in [0.2, 0.25) is 11.8 Å². The van der Waals surface area contributed by atoms with Gasteiger partial charge in [-0.25, -0.2) is 0 Å². The van der Waals surface area contributed by atoms with Gasteiger partial charge in [-0.3, -0.25) is 19.4 Å². The van der Waals surface area contributed by atoms with Gasteiger partial charge in [-0.05, 0) is 19.4 Å². The molecule has 0 bridgehead atoms. The fourth-order valence-electron chi connectivity index (χ4n) is 2.55. The molecule has 0 aliphatic carbocycles. The molecule has 5 heteroatoms. The van der Waals surface area contributed by atoms with Gasteiger partial charge in [-0.2, -0.15) is 0 Å². The van der Waals surface area contributed by atoms with E-state index in [0.29, 0.717) is 25.9 Å². The normalized spacial score (nSPS) is 26.6. The lowest BCUT2D eigenvalue weighted by Crippen LogP contribution is -2.45. The first-order valence-corrected chi connectivity index (χ1v) is 6.25. The quantitative estimate of drug-likeness (QED) is 0.518. The molecule has 0 radical (unpaired) electrons. The third-order valence-corrected chi connectivity index (χ3v) is 3.59. The zero-order valence-electron chi connectivity index (χ0n) is 9.93. The lowest BCUT2D eigenvalue weighted by Gasteiger charge is -2.33. The van der Waals surface area contributed by atoms with Crippen LogP contribution in [0.25, 0.3) is 0 Å². The van der Waals surface area contributed by atoms with Crippen LogP contribution in [0, 0.1) is 0 Å². The summed E-state index contributed by atoms with van der Waals surface area (Å²) in [5.74, 6) is -0.149. The molecule has 17 heavy (non-hydrogen) atoms. The highest BCUT2D eigenvalue weighted by atomic mass is 16.2. The van der Waals surface area contributed by atoms with Gasteiger partial charge in [0, 0.05) is 25.9 Å². The number of amides is 2. The summed E-state index contributed by atoms with van der Waals surface area (Å²) in [6.07, 6.45) is 4.73. The molecule has 0 aromatic carbocycles. The van der Waals surface area contributed by atoms with Crippen molar-refractivity contribution in [1.29, 1.82) is 0 Å². The molecule has 0 aromatic heterocycles. The Hall–Kier alpha value is -1.23. The Morgan fingerprint density at radius 3 is 2.47 bits per heavy atom. The van der Waals surface area contributed by atoms with Gasteiger partial charge >= 0.3 is 0 Å². The van der Waals surface area contributed by atoms with Crippen LogP contribution in [-0.2, 0) is 14.4 Å². The van der Waals surface area contributed by atoms with Crippen LogP contribution in [-0.4, -0.2) is 53.6 Å². The molecule has 2 aliphatic heterocycles. The first kappa shape index (κ1) is 12.2. The second-order valence-corrected chi connectivity index (χ2v) is 4.67. The van der Waals surface area contributed by atoms with Crippen molar-refractivity contribution in [3.05, 3.63) is 0 Å². The SMILES string of the molecule is O=CC1CCCCN1CCN1C(=O)CCC1=O. The van der Waals surface area contributed by atoms with Gasteiger partial charge in [0.1, 0.15) is 6.29 Å². The van der Waals surface area contributed by atoms with Crippen LogP contribution in [0.5, 0.6) is 0 Å². The molecule has 0 aromatic rings. The lowest BCUT2D eigenvalue weighted by molar-refractivity contribution is -0.138. The van der Waals surface area contributed by atoms with E-state index < -0.39 is 0 Å². The number of nitrogens with zero attached hydrogens (tertiary/aromatic N) is 2. The van der Waals surface area contributed by atoms with E-state index in [1.807, 2.05) is 0 Å². The van der Waals surface area contributed by atoms with Gasteiger partial charge in [-0.15, -0.1) is 0 Å². The van der Waals surface area contributed by atoms with E-state index in [1.165, 1.54) is 4.90 Å². The summed E-state index contributed by atoms with van der Waals surface area (Å²) in [7, 11) is 0. The Morgan fingerprint density at radius 1 is 1.12 bits per heavy atom. The number of piperidine rings is 1. The van der Waals surface area contributed by atoms with E-state index in [1.54, 1.807) is 0 Å². The van der Waals surface area contributed by atoms with Crippen molar-refractivity contribution in [2.24, 2.45) is 0 Å². The summed E-state index contributed by atoms with van der Waals surface area (Å²) in [4.78, 5) is 37.2. The Morgan fingerprint density at radius 2 is 1.82 bits per heavy atom. The molecule has 2 amide bonds. The molecular weight excluding hydrogens is 220 g/mol. The molecule has 2 aliphatic rings. The van der Waals surface area contributed by atoms with E-state index in [0.717, 1.165) is 32.1 Å². The van der Waals surface area contributed by atoms with Crippen molar-refractivity contribution in [3.8, 4) is 0 Å². The molecule has 5 nitrogen and oxygen atoms in total. The second-order valence-electron chi connectivity index (χ2n) is 4.67. The molecule has 2 rings (SSSR count). The number of imide groups is 1. The summed E-state index contributed by atoms with van der Waals surface area (Å²) in [6, 6.07) is -0.0310. The number of carbonyl (C=O) groups is 3. The molecular formula is C12H18N2O3. The smallest absolute Gasteiger partial charge is 0.229 e. The molecule has 2 heterocycles. The monoisotopic (exact) mass is 238 g/mol. The second kappa shape index (κ2) is 5.40. The van der Waals surface area contributed by atoms with Gasteiger partial charge < -0.3 is 4.79 Å². The van der Waals surface area contributed by atoms with Crippen LogP contribution < -0.4 is 0 Å². The number of carbonyl (C=O) groups excluding carboxylic acids is 3. The van der Waals surface area contributed by atoms with Crippen LogP contribution in [0.1, 0.15) is 32.1 Å². The summed E-state index contributed by atoms with van der Waals surface area (Å²) >= 11 is 0. The fraction of sp³-hybridized carbons (Fsp3) is 0.750. The maximum atomic E-state index is 11.4. The van der Waals surface area contributed by atoms with Crippen molar-refractivity contribution in [1.82, 2.24) is 9.80 Å². The number of hydrogen-bond acceptors (Lipinski definition) is 4. The van der Waals surface area contributed by atoms with Crippen molar-refractivity contribution in [2.75, 3.05) is 19.6 Å². The van der Waals surface area contributed by atoms with E-state index in [-0.39, 0.29) is 17.9 Å². The first-order valence-electron chi connectivity index (χ1n) is 6.25. The Bertz CT molecular complexity index is 314. The lowest BCUT2D eigenvalue weighted by atomic mass is 10.0. The fourth-order valence-corrected chi connectivity index (χ4v) is 2.55. The highest BCUT2D eigenvalue weighted by molar-refractivity contribution is 6.01. The van der Waals surface area contributed by atoms with E-state index >= 15 is 0 Å². The van der Waals surface area contributed by atoms with Crippen molar-refractivity contribution in [3.63, 3.8) is 0 Å². The zero-order chi connectivity index (χ0) is 12.3. The van der Waals surface area contributed by atoms with E-state index in [9.17, 15) is 14.4 Å². The Balaban J connectivity index is 1.86. The minimum atomic E-state index is -0.0744. The molecule has 0 N–H and O–H groups in total. The predicted molar refractivity (Wildman–Crippen MR) is 61.2 cm³/mol. The average Bonchev–Trinajstić information content (AvgIpc) is 2.67. The Labute approximate surface area is 101 Å². The predicted octanol–water partition coefficient (Wildman–Crippen LogP) is 0.189. The van der Waals surface area contributed by atoms with Crippen LogP contribution in [0.3, 0.4) is 0 Å². The highest BCUT2D eigenvalue weighted by Gasteiger charge is 2.30. The first-order chi connectivity index (χ1) is 8.22. The molecule has 94 valence electrons. The molecule has 2 fully saturated rings. The molecule has 0 saturated carbocycles. The topological polar surface area (TPSA) is 57.7 Å². The maximum Gasteiger partial charge on any atom is 0.229 e. The number of aldehydes is 1. The summed E-state index contributed by atoms with van der Waals surface area (Å²) < 4.78 is 0. The zero-order valence-corrected chi connectivity index (χ0v) is 9.93. The number of rotatable bonds is 4. The molecule has 0 spiro atoms. The third kappa shape index (κ3) is 2.72. The van der Waals surface area contributed by atoms with Gasteiger partial charge in [0.25, 0.3) is 0 Å². The third-order valence-electron chi connectivity index (χ3n) is 3.59. The highest BCUT2D eigenvalue weighted by Crippen LogP contribution is 2.16. The van der Waals surface area contributed by atoms with E-state index in [2.05, 4.69) is 4.90 Å². The largest absolute Gasteiger partial charge is 0.302 e. The number of hydrogen-bond donors (Lipinski definition) is 0. The van der Waals surface area contributed by atoms with Gasteiger partial charge in [0.05, 0.1) is 6.04 Å². The molecule has 1 unspecified atom stereocenters. The van der Waals surface area contributed by atoms with Gasteiger partial charge in [0.15, 0.2) is 0 Å². The average molecular weight is 238 g/mol. The van der Waals surface area contributed by atoms with Crippen LogP contribution in [0.15, 0.2) is 0 Å². The Kier molecular flexibility index (Phi) is 3.89. The summed E-state index contributed by atoms with van der Waals surface area (Å²) in [5.41, 5.74) is 0.